The summed E-state index contributed by atoms with van der Waals surface area (Å²) in [5, 5.41) is 9.43. The molecule has 0 aromatic heterocycles. The molecule has 1 rings (SSSR count). The van der Waals surface area contributed by atoms with Gasteiger partial charge in [-0.2, -0.15) is 0 Å². The molecular formula is C11H15ClFNO. The summed E-state index contributed by atoms with van der Waals surface area (Å²) in [7, 11) is 0. The number of aryl methyl sites for hydroxylation is 1. The second-order valence-electron chi connectivity index (χ2n) is 3.32. The van der Waals surface area contributed by atoms with Crippen LogP contribution in [-0.4, -0.2) is 5.11 Å². The van der Waals surface area contributed by atoms with E-state index in [2.05, 4.69) is 6.58 Å². The molecule has 4 heteroatoms. The lowest BCUT2D eigenvalue weighted by Gasteiger charge is -2.12. The van der Waals surface area contributed by atoms with Gasteiger partial charge in [-0.25, -0.2) is 4.39 Å². The van der Waals surface area contributed by atoms with E-state index >= 15 is 0 Å². The quantitative estimate of drug-likeness (QED) is 0.786. The molecular weight excluding hydrogens is 217 g/mol. The van der Waals surface area contributed by atoms with Crippen molar-refractivity contribution >= 4 is 12.4 Å². The summed E-state index contributed by atoms with van der Waals surface area (Å²) in [5.74, 6) is -0.982. The van der Waals surface area contributed by atoms with Gasteiger partial charge in [-0.3, -0.25) is 0 Å². The molecule has 0 saturated heterocycles. The molecule has 0 spiro atoms. The summed E-state index contributed by atoms with van der Waals surface area (Å²) >= 11 is 0. The number of phenolic OH excluding ortho intramolecular Hbond substituents is 1. The molecule has 2 nitrogen and oxygen atoms in total. The molecule has 0 bridgehead atoms. The Labute approximate surface area is 95.0 Å². The second-order valence-corrected chi connectivity index (χ2v) is 3.32. The van der Waals surface area contributed by atoms with E-state index < -0.39 is 11.9 Å². The van der Waals surface area contributed by atoms with E-state index in [0.717, 1.165) is 5.56 Å². The minimum Gasteiger partial charge on any atom is -0.505 e. The fraction of sp³-hybridized carbons (Fsp3) is 0.273. The average molecular weight is 232 g/mol. The first-order valence-corrected chi connectivity index (χ1v) is 4.41. The van der Waals surface area contributed by atoms with E-state index in [-0.39, 0.29) is 18.2 Å². The van der Waals surface area contributed by atoms with Crippen LogP contribution >= 0.6 is 12.4 Å². The van der Waals surface area contributed by atoms with Crippen LogP contribution in [0.5, 0.6) is 5.75 Å². The number of phenols is 1. The number of aromatic hydroxyl groups is 1. The Morgan fingerprint density at radius 3 is 2.73 bits per heavy atom. The second kappa shape index (κ2) is 5.73. The molecule has 0 heterocycles. The number of benzene rings is 1. The molecule has 3 N–H and O–H groups in total. The van der Waals surface area contributed by atoms with Crippen molar-refractivity contribution in [1.82, 2.24) is 0 Å². The van der Waals surface area contributed by atoms with Gasteiger partial charge in [0.15, 0.2) is 11.6 Å². The van der Waals surface area contributed by atoms with Crippen LogP contribution in [0.15, 0.2) is 24.8 Å². The van der Waals surface area contributed by atoms with Crippen LogP contribution < -0.4 is 5.73 Å². The summed E-state index contributed by atoms with van der Waals surface area (Å²) in [4.78, 5) is 0. The zero-order valence-electron chi connectivity index (χ0n) is 8.53. The summed E-state index contributed by atoms with van der Waals surface area (Å²) < 4.78 is 13.1. The number of halogens is 2. The zero-order chi connectivity index (χ0) is 10.7. The number of rotatable bonds is 3. The van der Waals surface area contributed by atoms with Gasteiger partial charge in [0.05, 0.1) is 0 Å². The van der Waals surface area contributed by atoms with Gasteiger partial charge in [0, 0.05) is 11.6 Å². The maximum Gasteiger partial charge on any atom is 0.165 e. The molecule has 0 radical (unpaired) electrons. The van der Waals surface area contributed by atoms with E-state index in [0.29, 0.717) is 12.0 Å². The number of nitrogens with two attached hydrogens (primary N) is 1. The Kier molecular flexibility index (Phi) is 5.33. The molecule has 15 heavy (non-hydrogen) atoms. The molecule has 0 aliphatic carbocycles. The number of hydrogen-bond donors (Lipinski definition) is 2. The first kappa shape index (κ1) is 13.9. The van der Waals surface area contributed by atoms with Gasteiger partial charge in [-0.15, -0.1) is 19.0 Å². The molecule has 84 valence electrons. The molecule has 1 atom stereocenters. The predicted octanol–water partition coefficient (Wildman–Crippen LogP) is 2.84. The monoisotopic (exact) mass is 231 g/mol. The third-order valence-corrected chi connectivity index (χ3v) is 2.06. The van der Waals surface area contributed by atoms with Gasteiger partial charge in [0.25, 0.3) is 0 Å². The van der Waals surface area contributed by atoms with Crippen molar-refractivity contribution in [2.75, 3.05) is 0 Å². The van der Waals surface area contributed by atoms with E-state index in [1.54, 1.807) is 19.1 Å². The van der Waals surface area contributed by atoms with Gasteiger partial charge < -0.3 is 10.8 Å². The topological polar surface area (TPSA) is 46.2 Å². The van der Waals surface area contributed by atoms with E-state index in [4.69, 9.17) is 5.73 Å². The molecule has 1 aromatic carbocycles. The van der Waals surface area contributed by atoms with Crippen molar-refractivity contribution in [3.05, 3.63) is 41.7 Å². The first-order chi connectivity index (χ1) is 6.56. The van der Waals surface area contributed by atoms with E-state index in [1.807, 2.05) is 0 Å². The predicted molar refractivity (Wildman–Crippen MR) is 61.8 cm³/mol. The molecule has 0 aliphatic rings. The third-order valence-electron chi connectivity index (χ3n) is 2.06. The lowest BCUT2D eigenvalue weighted by Crippen LogP contribution is -2.10. The zero-order valence-corrected chi connectivity index (χ0v) is 9.35. The summed E-state index contributed by atoms with van der Waals surface area (Å²) in [6.45, 7) is 5.30. The van der Waals surface area contributed by atoms with Gasteiger partial charge in [0.1, 0.15) is 0 Å². The van der Waals surface area contributed by atoms with Crippen molar-refractivity contribution in [2.24, 2.45) is 5.73 Å². The van der Waals surface area contributed by atoms with Gasteiger partial charge in [0.2, 0.25) is 0 Å². The fourth-order valence-corrected chi connectivity index (χ4v) is 1.35. The van der Waals surface area contributed by atoms with Crippen LogP contribution in [0.2, 0.25) is 0 Å². The summed E-state index contributed by atoms with van der Waals surface area (Å²) in [5.41, 5.74) is 6.92. The highest BCUT2D eigenvalue weighted by molar-refractivity contribution is 5.85. The minimum absolute atomic E-state index is 0. The lowest BCUT2D eigenvalue weighted by molar-refractivity contribution is 0.420. The van der Waals surface area contributed by atoms with Crippen LogP contribution in [0.25, 0.3) is 0 Å². The summed E-state index contributed by atoms with van der Waals surface area (Å²) in [6, 6.07) is 2.56. The van der Waals surface area contributed by atoms with Crippen molar-refractivity contribution in [3.8, 4) is 5.75 Å². The Bertz CT molecular complexity index is 355. The third kappa shape index (κ3) is 3.22. The molecule has 0 amide bonds. The molecule has 0 unspecified atom stereocenters. The average Bonchev–Trinajstić information content (AvgIpc) is 2.11. The minimum atomic E-state index is -0.625. The fourth-order valence-electron chi connectivity index (χ4n) is 1.35. The highest BCUT2D eigenvalue weighted by Crippen LogP contribution is 2.28. The van der Waals surface area contributed by atoms with Crippen LogP contribution in [-0.2, 0) is 0 Å². The Morgan fingerprint density at radius 1 is 1.60 bits per heavy atom. The summed E-state index contributed by atoms with van der Waals surface area (Å²) in [6.07, 6.45) is 2.15. The van der Waals surface area contributed by atoms with Crippen LogP contribution in [0.4, 0.5) is 4.39 Å². The standard InChI is InChI=1S/C11H14FNO.ClH/c1-3-4-10(13)8-5-7(2)6-9(12)11(8)14;/h3,5-6,10,14H,1,4,13H2,2H3;1H/t10-;/m1./s1. The van der Waals surface area contributed by atoms with Crippen molar-refractivity contribution < 1.29 is 9.50 Å². The normalized spacial score (nSPS) is 11.7. The first-order valence-electron chi connectivity index (χ1n) is 4.41. The van der Waals surface area contributed by atoms with Crippen molar-refractivity contribution in [3.63, 3.8) is 0 Å². The molecule has 0 fully saturated rings. The smallest absolute Gasteiger partial charge is 0.165 e. The molecule has 1 aromatic rings. The highest BCUT2D eigenvalue weighted by atomic mass is 35.5. The van der Waals surface area contributed by atoms with Gasteiger partial charge in [-0.1, -0.05) is 12.1 Å². The van der Waals surface area contributed by atoms with Crippen LogP contribution in [0.3, 0.4) is 0 Å². The SMILES string of the molecule is C=CC[C@@H](N)c1cc(C)cc(F)c1O.Cl. The van der Waals surface area contributed by atoms with Crippen molar-refractivity contribution in [2.45, 2.75) is 19.4 Å². The largest absolute Gasteiger partial charge is 0.505 e. The maximum absolute atomic E-state index is 13.1. The van der Waals surface area contributed by atoms with E-state index in [1.165, 1.54) is 6.07 Å². The van der Waals surface area contributed by atoms with Crippen LogP contribution in [0.1, 0.15) is 23.6 Å². The van der Waals surface area contributed by atoms with Crippen molar-refractivity contribution in [1.29, 1.82) is 0 Å². The molecule has 0 aliphatic heterocycles. The highest BCUT2D eigenvalue weighted by Gasteiger charge is 2.13. The van der Waals surface area contributed by atoms with Gasteiger partial charge in [-0.05, 0) is 25.0 Å². The Hall–Kier alpha value is -1.06. The Morgan fingerprint density at radius 2 is 2.20 bits per heavy atom. The molecule has 0 saturated carbocycles. The lowest BCUT2D eigenvalue weighted by atomic mass is 10.0. The maximum atomic E-state index is 13.1. The van der Waals surface area contributed by atoms with Gasteiger partial charge >= 0.3 is 0 Å². The number of hydrogen-bond acceptors (Lipinski definition) is 2. The Balaban J connectivity index is 0.00000196. The van der Waals surface area contributed by atoms with E-state index in [9.17, 15) is 9.50 Å². The van der Waals surface area contributed by atoms with Crippen LogP contribution in [0, 0.1) is 12.7 Å².